The Kier molecular flexibility index (Phi) is 3.87. The van der Waals surface area contributed by atoms with Crippen LogP contribution in [0.4, 0.5) is 28.9 Å². The first-order valence-electron chi connectivity index (χ1n) is 4.54. The molecule has 1 rings (SSSR count). The predicted octanol–water partition coefficient (Wildman–Crippen LogP) is 3.10. The highest BCUT2D eigenvalue weighted by Gasteiger charge is 2.26. The Balaban J connectivity index is 2.74. The average Bonchev–Trinajstić information content (AvgIpc) is 2.18. The number of rotatable bonds is 4. The third kappa shape index (κ3) is 4.25. The second-order valence-electron chi connectivity index (χ2n) is 3.21. The summed E-state index contributed by atoms with van der Waals surface area (Å²) in [5, 5.41) is 12.8. The number of hydrogen-bond donors (Lipinski definition) is 1. The quantitative estimate of drug-likeness (QED) is 0.509. The van der Waals surface area contributed by atoms with E-state index in [9.17, 15) is 27.7 Å². The zero-order valence-corrected chi connectivity index (χ0v) is 8.42. The summed E-state index contributed by atoms with van der Waals surface area (Å²) in [5.74, 6) is -0.821. The monoisotopic (exact) mass is 252 g/mol. The van der Waals surface area contributed by atoms with Crippen molar-refractivity contribution in [3.63, 3.8) is 0 Å². The summed E-state index contributed by atoms with van der Waals surface area (Å²) in [5.41, 5.74) is -0.729. The molecule has 0 aliphatic rings. The van der Waals surface area contributed by atoms with Crippen LogP contribution in [0.3, 0.4) is 0 Å². The lowest BCUT2D eigenvalue weighted by Gasteiger charge is -2.09. The predicted molar refractivity (Wildman–Crippen MR) is 52.2 cm³/mol. The van der Waals surface area contributed by atoms with E-state index < -0.39 is 35.6 Å². The van der Waals surface area contributed by atoms with Crippen LogP contribution in [0.15, 0.2) is 18.2 Å². The first-order chi connectivity index (χ1) is 7.79. The fourth-order valence-corrected chi connectivity index (χ4v) is 1.14. The molecular formula is C9H8F4N2O2. The Bertz CT molecular complexity index is 420. The number of anilines is 1. The van der Waals surface area contributed by atoms with Crippen LogP contribution in [0.1, 0.15) is 6.42 Å². The largest absolute Gasteiger partial charge is 0.390 e. The van der Waals surface area contributed by atoms with Crippen molar-refractivity contribution in [2.45, 2.75) is 12.6 Å². The van der Waals surface area contributed by atoms with Crippen LogP contribution in [-0.4, -0.2) is 17.6 Å². The van der Waals surface area contributed by atoms with Crippen LogP contribution < -0.4 is 5.32 Å². The van der Waals surface area contributed by atoms with Crippen LogP contribution in [0.25, 0.3) is 0 Å². The fraction of sp³-hybridized carbons (Fsp3) is 0.333. The molecule has 0 aromatic heterocycles. The highest BCUT2D eigenvalue weighted by molar-refractivity contribution is 5.61. The van der Waals surface area contributed by atoms with Crippen LogP contribution in [0.5, 0.6) is 0 Å². The number of nitrogens with one attached hydrogen (secondary N) is 1. The second-order valence-corrected chi connectivity index (χ2v) is 3.21. The molecule has 0 saturated heterocycles. The molecule has 1 aromatic rings. The van der Waals surface area contributed by atoms with Gasteiger partial charge in [-0.15, -0.1) is 0 Å². The van der Waals surface area contributed by atoms with Gasteiger partial charge in [0.05, 0.1) is 17.4 Å². The molecule has 1 aromatic carbocycles. The fourth-order valence-electron chi connectivity index (χ4n) is 1.14. The minimum atomic E-state index is -4.35. The molecule has 0 radical (unpaired) electrons. The zero-order chi connectivity index (χ0) is 13.1. The van der Waals surface area contributed by atoms with Crippen molar-refractivity contribution >= 4 is 11.4 Å². The zero-order valence-electron chi connectivity index (χ0n) is 8.42. The molecule has 0 spiro atoms. The highest BCUT2D eigenvalue weighted by atomic mass is 19.4. The lowest BCUT2D eigenvalue weighted by molar-refractivity contribution is -0.384. The number of nitrogens with zero attached hydrogens (tertiary/aromatic N) is 1. The van der Waals surface area contributed by atoms with E-state index in [-0.39, 0.29) is 5.69 Å². The van der Waals surface area contributed by atoms with Gasteiger partial charge in [-0.2, -0.15) is 13.2 Å². The standard InChI is InChI=1S/C9H8F4N2O2/c10-6-1-2-7(8(5-6)15(16)17)14-4-3-9(11,12)13/h1-2,5,14H,3-4H2. The van der Waals surface area contributed by atoms with Crippen molar-refractivity contribution in [3.05, 3.63) is 34.1 Å². The summed E-state index contributed by atoms with van der Waals surface area (Å²) in [6, 6.07) is 2.61. The van der Waals surface area contributed by atoms with Crippen molar-refractivity contribution in [2.24, 2.45) is 0 Å². The molecule has 8 heteroatoms. The molecule has 0 fully saturated rings. The molecule has 17 heavy (non-hydrogen) atoms. The number of halogens is 4. The van der Waals surface area contributed by atoms with Gasteiger partial charge in [-0.3, -0.25) is 10.1 Å². The van der Waals surface area contributed by atoms with E-state index in [2.05, 4.69) is 5.32 Å². The Morgan fingerprint density at radius 2 is 2.00 bits per heavy atom. The van der Waals surface area contributed by atoms with Crippen LogP contribution in [-0.2, 0) is 0 Å². The minimum absolute atomic E-state index is 0.138. The van der Waals surface area contributed by atoms with Crippen LogP contribution in [0, 0.1) is 15.9 Å². The number of nitro groups is 1. The van der Waals surface area contributed by atoms with Gasteiger partial charge in [0.25, 0.3) is 5.69 Å². The highest BCUT2D eigenvalue weighted by Crippen LogP contribution is 2.26. The number of hydrogen-bond acceptors (Lipinski definition) is 3. The molecule has 0 unspecified atom stereocenters. The Morgan fingerprint density at radius 1 is 1.35 bits per heavy atom. The second kappa shape index (κ2) is 4.98. The van der Waals surface area contributed by atoms with Gasteiger partial charge in [-0.05, 0) is 12.1 Å². The molecule has 1 N–H and O–H groups in total. The van der Waals surface area contributed by atoms with Crippen molar-refractivity contribution < 1.29 is 22.5 Å². The molecule has 0 heterocycles. The van der Waals surface area contributed by atoms with E-state index in [0.29, 0.717) is 6.07 Å². The van der Waals surface area contributed by atoms with Crippen LogP contribution in [0.2, 0.25) is 0 Å². The van der Waals surface area contributed by atoms with Gasteiger partial charge in [0.1, 0.15) is 11.5 Å². The van der Waals surface area contributed by atoms with E-state index in [1.807, 2.05) is 0 Å². The first-order valence-corrected chi connectivity index (χ1v) is 4.54. The Labute approximate surface area is 93.4 Å². The lowest BCUT2D eigenvalue weighted by Crippen LogP contribution is -2.15. The lowest BCUT2D eigenvalue weighted by atomic mass is 10.2. The van der Waals surface area contributed by atoms with Gasteiger partial charge in [-0.25, -0.2) is 4.39 Å². The Morgan fingerprint density at radius 3 is 2.53 bits per heavy atom. The SMILES string of the molecule is O=[N+]([O-])c1cc(F)ccc1NCCC(F)(F)F. The summed E-state index contributed by atoms with van der Waals surface area (Å²) >= 11 is 0. The van der Waals surface area contributed by atoms with Gasteiger partial charge >= 0.3 is 6.18 Å². The third-order valence-electron chi connectivity index (χ3n) is 1.88. The molecule has 0 amide bonds. The van der Waals surface area contributed by atoms with Gasteiger partial charge in [0.2, 0.25) is 0 Å². The molecule has 0 atom stereocenters. The summed E-state index contributed by atoms with van der Waals surface area (Å²) in [4.78, 5) is 9.65. The Hall–Kier alpha value is -1.86. The maximum absolute atomic E-state index is 12.7. The van der Waals surface area contributed by atoms with Crippen molar-refractivity contribution in [1.82, 2.24) is 0 Å². The van der Waals surface area contributed by atoms with E-state index in [1.165, 1.54) is 0 Å². The smallest absolute Gasteiger partial charge is 0.379 e. The minimum Gasteiger partial charge on any atom is -0.379 e. The maximum atomic E-state index is 12.7. The number of alkyl halides is 3. The van der Waals surface area contributed by atoms with Gasteiger partial charge < -0.3 is 5.32 Å². The third-order valence-corrected chi connectivity index (χ3v) is 1.88. The van der Waals surface area contributed by atoms with E-state index >= 15 is 0 Å². The van der Waals surface area contributed by atoms with E-state index in [4.69, 9.17) is 0 Å². The molecule has 0 aliphatic heterocycles. The number of nitro benzene ring substituents is 1. The average molecular weight is 252 g/mol. The number of benzene rings is 1. The molecule has 4 nitrogen and oxygen atoms in total. The van der Waals surface area contributed by atoms with Crippen molar-refractivity contribution in [2.75, 3.05) is 11.9 Å². The molecule has 0 bridgehead atoms. The molecule has 0 aliphatic carbocycles. The maximum Gasteiger partial charge on any atom is 0.390 e. The topological polar surface area (TPSA) is 55.2 Å². The van der Waals surface area contributed by atoms with Crippen molar-refractivity contribution in [3.8, 4) is 0 Å². The summed E-state index contributed by atoms with van der Waals surface area (Å²) in [7, 11) is 0. The summed E-state index contributed by atoms with van der Waals surface area (Å²) in [6.07, 6.45) is -5.47. The van der Waals surface area contributed by atoms with Crippen LogP contribution >= 0.6 is 0 Å². The van der Waals surface area contributed by atoms with Gasteiger partial charge in [-0.1, -0.05) is 0 Å². The first kappa shape index (κ1) is 13.2. The summed E-state index contributed by atoms with van der Waals surface area (Å²) in [6.45, 7) is -0.504. The van der Waals surface area contributed by atoms with E-state index in [1.54, 1.807) is 0 Å². The van der Waals surface area contributed by atoms with Crippen molar-refractivity contribution in [1.29, 1.82) is 0 Å². The van der Waals surface area contributed by atoms with Gasteiger partial charge in [0, 0.05) is 6.54 Å². The molecular weight excluding hydrogens is 244 g/mol. The van der Waals surface area contributed by atoms with Gasteiger partial charge in [0.15, 0.2) is 0 Å². The van der Waals surface area contributed by atoms with E-state index in [0.717, 1.165) is 12.1 Å². The molecule has 94 valence electrons. The normalized spacial score (nSPS) is 11.3. The summed E-state index contributed by atoms with van der Waals surface area (Å²) < 4.78 is 48.2. The molecule has 0 saturated carbocycles.